The highest BCUT2D eigenvalue weighted by atomic mass is 16.5. The summed E-state index contributed by atoms with van der Waals surface area (Å²) in [6, 6.07) is 4.70. The summed E-state index contributed by atoms with van der Waals surface area (Å²) in [5.74, 6) is 7.80. The maximum atomic E-state index is 11.9. The Morgan fingerprint density at radius 1 is 1.17 bits per heavy atom. The number of ether oxygens (including phenoxy) is 2. The summed E-state index contributed by atoms with van der Waals surface area (Å²) >= 11 is 0. The normalized spacial score (nSPS) is 20.7. The van der Waals surface area contributed by atoms with Crippen molar-refractivity contribution in [3.63, 3.8) is 0 Å². The number of likely N-dealkylation sites (tertiary alicyclic amines) is 2. The lowest BCUT2D eigenvalue weighted by atomic mass is 9.89. The van der Waals surface area contributed by atoms with Crippen LogP contribution < -0.4 is 10.1 Å². The minimum Gasteiger partial charge on any atom is -0.485 e. The molecule has 8 heteroatoms. The van der Waals surface area contributed by atoms with Gasteiger partial charge in [0.25, 0.3) is 5.91 Å². The van der Waals surface area contributed by atoms with E-state index >= 15 is 0 Å². The van der Waals surface area contributed by atoms with Crippen molar-refractivity contribution in [1.29, 1.82) is 0 Å². The summed E-state index contributed by atoms with van der Waals surface area (Å²) in [5.41, 5.74) is 5.39. The number of amides is 1. The van der Waals surface area contributed by atoms with Gasteiger partial charge in [-0.3, -0.25) is 14.7 Å². The average Bonchev–Trinajstić information content (AvgIpc) is 2.99. The Morgan fingerprint density at radius 2 is 1.97 bits per heavy atom. The second-order valence-electron chi connectivity index (χ2n) is 9.93. The monoisotopic (exact) mass is 473 g/mol. The Kier molecular flexibility index (Phi) is 5.83. The van der Waals surface area contributed by atoms with Gasteiger partial charge in [0.05, 0.1) is 11.4 Å². The van der Waals surface area contributed by atoms with Gasteiger partial charge in [0.2, 0.25) is 0 Å². The fourth-order valence-corrected chi connectivity index (χ4v) is 5.63. The van der Waals surface area contributed by atoms with Crippen molar-refractivity contribution in [3.8, 4) is 17.6 Å². The van der Waals surface area contributed by atoms with E-state index in [1.807, 2.05) is 18.0 Å². The van der Waals surface area contributed by atoms with Crippen molar-refractivity contribution in [3.05, 3.63) is 40.8 Å². The van der Waals surface area contributed by atoms with Crippen LogP contribution in [-0.4, -0.2) is 71.1 Å². The largest absolute Gasteiger partial charge is 0.485 e. The molecule has 182 valence electrons. The molecule has 0 atom stereocenters. The maximum absolute atomic E-state index is 11.9. The molecule has 6 heterocycles. The Balaban J connectivity index is 1.16. The van der Waals surface area contributed by atoms with Crippen molar-refractivity contribution >= 4 is 17.4 Å². The van der Waals surface area contributed by atoms with Gasteiger partial charge in [-0.25, -0.2) is 4.98 Å². The number of hydrogen-bond acceptors (Lipinski definition) is 7. The van der Waals surface area contributed by atoms with E-state index in [4.69, 9.17) is 14.5 Å². The highest BCUT2D eigenvalue weighted by molar-refractivity contribution is 5.94. The topological polar surface area (TPSA) is 79.8 Å². The number of anilines is 2. The molecule has 4 aliphatic rings. The number of aromatic nitrogens is 2. The zero-order valence-corrected chi connectivity index (χ0v) is 20.3. The number of carbonyl (C=O) groups is 1. The lowest BCUT2D eigenvalue weighted by molar-refractivity contribution is -0.133. The number of nitrogens with one attached hydrogen (secondary N) is 1. The van der Waals surface area contributed by atoms with E-state index in [2.05, 4.69) is 39.2 Å². The fourth-order valence-electron chi connectivity index (χ4n) is 5.63. The third-order valence-corrected chi connectivity index (χ3v) is 7.76. The van der Waals surface area contributed by atoms with E-state index in [9.17, 15) is 4.79 Å². The van der Waals surface area contributed by atoms with Crippen LogP contribution >= 0.6 is 0 Å². The van der Waals surface area contributed by atoms with E-state index in [1.165, 1.54) is 5.56 Å². The Bertz CT molecular complexity index is 1200. The third kappa shape index (κ3) is 4.13. The molecule has 35 heavy (non-hydrogen) atoms. The molecule has 3 saturated heterocycles. The van der Waals surface area contributed by atoms with Gasteiger partial charge in [0.15, 0.2) is 5.75 Å². The molecule has 0 aliphatic carbocycles. The van der Waals surface area contributed by atoms with Gasteiger partial charge in [0.1, 0.15) is 12.4 Å². The first-order valence-electron chi connectivity index (χ1n) is 12.5. The number of hydrogen-bond donors (Lipinski definition) is 1. The quantitative estimate of drug-likeness (QED) is 0.687. The zero-order valence-electron chi connectivity index (χ0n) is 20.3. The maximum Gasteiger partial charge on any atom is 0.298 e. The van der Waals surface area contributed by atoms with E-state index in [-0.39, 0.29) is 5.91 Å². The predicted octanol–water partition coefficient (Wildman–Crippen LogP) is 2.95. The van der Waals surface area contributed by atoms with Gasteiger partial charge >= 0.3 is 0 Å². The van der Waals surface area contributed by atoms with Crippen molar-refractivity contribution in [2.45, 2.75) is 51.2 Å². The molecule has 0 spiro atoms. The van der Waals surface area contributed by atoms with E-state index in [1.54, 1.807) is 6.92 Å². The molecule has 0 saturated carbocycles. The molecule has 8 nitrogen and oxygen atoms in total. The number of rotatable bonds is 3. The standard InChI is InChI=1S/C27H31N5O3/c1-3-4-25(33)32-14-20(15-32)31-12-19(13-31)23-11-24-26(17(2)29-23)35-16-22-21(5-8-28-27(22)30-24)18-6-9-34-10-7-18/h5,8,11,18-20H,6-7,9-10,12-16H2,1-2H3,(H,28,30). The van der Waals surface area contributed by atoms with Crippen LogP contribution in [0.15, 0.2) is 18.3 Å². The lowest BCUT2D eigenvalue weighted by Gasteiger charge is -2.51. The second kappa shape index (κ2) is 9.14. The fraction of sp³-hybridized carbons (Fsp3) is 0.519. The van der Waals surface area contributed by atoms with Crippen LogP contribution in [0.1, 0.15) is 54.1 Å². The van der Waals surface area contributed by atoms with Crippen molar-refractivity contribution in [2.75, 3.05) is 44.7 Å². The zero-order chi connectivity index (χ0) is 23.9. The minimum atomic E-state index is -0.0659. The first-order chi connectivity index (χ1) is 17.1. The van der Waals surface area contributed by atoms with Crippen molar-refractivity contribution in [1.82, 2.24) is 19.8 Å². The molecule has 3 fully saturated rings. The Hall–Kier alpha value is -3.15. The average molecular weight is 474 g/mol. The van der Waals surface area contributed by atoms with Crippen LogP contribution in [0.5, 0.6) is 5.75 Å². The summed E-state index contributed by atoms with van der Waals surface area (Å²) in [5, 5.41) is 3.58. The van der Waals surface area contributed by atoms with Gasteiger partial charge in [-0.2, -0.15) is 0 Å². The third-order valence-electron chi connectivity index (χ3n) is 7.76. The van der Waals surface area contributed by atoms with Gasteiger partial charge in [-0.1, -0.05) is 5.92 Å². The molecule has 6 rings (SSSR count). The van der Waals surface area contributed by atoms with Crippen LogP contribution in [-0.2, 0) is 16.1 Å². The smallest absolute Gasteiger partial charge is 0.298 e. The second-order valence-corrected chi connectivity index (χ2v) is 9.93. The number of carbonyl (C=O) groups excluding carboxylic acids is 1. The molecule has 0 bridgehead atoms. The number of nitrogens with zero attached hydrogens (tertiary/aromatic N) is 4. The molecule has 4 aliphatic heterocycles. The first-order valence-corrected chi connectivity index (χ1v) is 12.5. The van der Waals surface area contributed by atoms with Crippen LogP contribution in [0.25, 0.3) is 0 Å². The number of fused-ring (bicyclic) bond motifs is 2. The van der Waals surface area contributed by atoms with Crippen LogP contribution in [0.3, 0.4) is 0 Å². The van der Waals surface area contributed by atoms with Gasteiger partial charge < -0.3 is 19.7 Å². The molecule has 2 aromatic heterocycles. The molecule has 0 aromatic carbocycles. The van der Waals surface area contributed by atoms with Crippen molar-refractivity contribution < 1.29 is 14.3 Å². The summed E-state index contributed by atoms with van der Waals surface area (Å²) in [6.45, 7) is 9.29. The SMILES string of the molecule is CC#CC(=O)N1CC(N2CC(c3cc4c(c(C)n3)OCc3c(C5CCOCC5)ccnc3N4)C2)C1. The van der Waals surface area contributed by atoms with Crippen LogP contribution in [0.4, 0.5) is 11.5 Å². The molecule has 2 aromatic rings. The van der Waals surface area contributed by atoms with E-state index in [0.29, 0.717) is 24.5 Å². The molecule has 1 N–H and O–H groups in total. The molecular weight excluding hydrogens is 442 g/mol. The number of aryl methyl sites for hydroxylation is 1. The molecule has 1 amide bonds. The Labute approximate surface area is 206 Å². The van der Waals surface area contributed by atoms with Crippen LogP contribution in [0.2, 0.25) is 0 Å². The van der Waals surface area contributed by atoms with Crippen molar-refractivity contribution in [2.24, 2.45) is 0 Å². The minimum absolute atomic E-state index is 0.0659. The van der Waals surface area contributed by atoms with Crippen LogP contribution in [0, 0.1) is 18.8 Å². The van der Waals surface area contributed by atoms with Gasteiger partial charge in [0, 0.05) is 68.8 Å². The summed E-state index contributed by atoms with van der Waals surface area (Å²) in [7, 11) is 0. The summed E-state index contributed by atoms with van der Waals surface area (Å²) in [4.78, 5) is 25.7. The highest BCUT2D eigenvalue weighted by Crippen LogP contribution is 2.41. The number of pyridine rings is 2. The molecular formula is C27H31N5O3. The predicted molar refractivity (Wildman–Crippen MR) is 132 cm³/mol. The summed E-state index contributed by atoms with van der Waals surface area (Å²) < 4.78 is 11.9. The van der Waals surface area contributed by atoms with E-state index in [0.717, 1.165) is 86.4 Å². The lowest BCUT2D eigenvalue weighted by Crippen LogP contribution is -2.65. The first kappa shape index (κ1) is 22.3. The van der Waals surface area contributed by atoms with Gasteiger partial charge in [-0.15, -0.1) is 0 Å². The molecule has 0 unspecified atom stereocenters. The summed E-state index contributed by atoms with van der Waals surface area (Å²) in [6.07, 6.45) is 3.97. The Morgan fingerprint density at radius 3 is 2.74 bits per heavy atom. The molecule has 0 radical (unpaired) electrons. The highest BCUT2D eigenvalue weighted by Gasteiger charge is 2.41. The van der Waals surface area contributed by atoms with E-state index < -0.39 is 0 Å². The van der Waals surface area contributed by atoms with Gasteiger partial charge in [-0.05, 0) is 56.2 Å².